The standard InChI is InChI=1S/C13H16ClNO/c14-11-5-9-1-4-16-12(9)10(6-11)7-13(8-15)2-3-13/h5-6H,1-4,7-8,15H2. The lowest BCUT2D eigenvalue weighted by Gasteiger charge is -2.15. The van der Waals surface area contributed by atoms with Gasteiger partial charge in [-0.1, -0.05) is 11.6 Å². The van der Waals surface area contributed by atoms with E-state index in [0.717, 1.165) is 36.8 Å². The van der Waals surface area contributed by atoms with E-state index >= 15 is 0 Å². The number of nitrogens with two attached hydrogens (primary N) is 1. The lowest BCUT2D eigenvalue weighted by molar-refractivity contribution is 0.350. The number of hydrogen-bond donors (Lipinski definition) is 1. The zero-order valence-electron chi connectivity index (χ0n) is 9.26. The Balaban J connectivity index is 1.94. The van der Waals surface area contributed by atoms with Gasteiger partial charge in [0.2, 0.25) is 0 Å². The van der Waals surface area contributed by atoms with E-state index in [4.69, 9.17) is 22.1 Å². The van der Waals surface area contributed by atoms with Crippen LogP contribution in [-0.4, -0.2) is 13.2 Å². The van der Waals surface area contributed by atoms with Crippen LogP contribution in [0.25, 0.3) is 0 Å². The highest BCUT2D eigenvalue weighted by molar-refractivity contribution is 6.30. The summed E-state index contributed by atoms with van der Waals surface area (Å²) in [6.07, 6.45) is 4.49. The molecule has 2 N–H and O–H groups in total. The minimum Gasteiger partial charge on any atom is -0.493 e. The Morgan fingerprint density at radius 2 is 2.19 bits per heavy atom. The van der Waals surface area contributed by atoms with E-state index in [1.165, 1.54) is 24.0 Å². The highest BCUT2D eigenvalue weighted by Crippen LogP contribution is 2.49. The molecule has 1 saturated carbocycles. The summed E-state index contributed by atoms with van der Waals surface area (Å²) >= 11 is 6.13. The van der Waals surface area contributed by atoms with Crippen LogP contribution in [0.5, 0.6) is 5.75 Å². The second kappa shape index (κ2) is 3.64. The zero-order chi connectivity index (χ0) is 11.2. The maximum absolute atomic E-state index is 6.13. The summed E-state index contributed by atoms with van der Waals surface area (Å²) in [7, 11) is 0. The molecule has 1 aromatic rings. The Hall–Kier alpha value is -0.730. The van der Waals surface area contributed by atoms with Gasteiger partial charge in [0, 0.05) is 11.4 Å². The molecule has 1 aliphatic heterocycles. The molecule has 3 rings (SSSR count). The summed E-state index contributed by atoms with van der Waals surface area (Å²) < 4.78 is 5.70. The molecule has 0 saturated heterocycles. The van der Waals surface area contributed by atoms with Gasteiger partial charge in [0.15, 0.2) is 0 Å². The molecule has 16 heavy (non-hydrogen) atoms. The third kappa shape index (κ3) is 1.70. The minimum atomic E-state index is 0.338. The monoisotopic (exact) mass is 237 g/mol. The van der Waals surface area contributed by atoms with Crippen molar-refractivity contribution in [2.24, 2.45) is 11.1 Å². The second-order valence-corrected chi connectivity index (χ2v) is 5.47. The van der Waals surface area contributed by atoms with Gasteiger partial charge >= 0.3 is 0 Å². The highest BCUT2D eigenvalue weighted by Gasteiger charge is 2.42. The van der Waals surface area contributed by atoms with Crippen molar-refractivity contribution in [2.45, 2.75) is 25.7 Å². The van der Waals surface area contributed by atoms with Crippen LogP contribution in [0.15, 0.2) is 12.1 Å². The molecule has 0 radical (unpaired) electrons. The van der Waals surface area contributed by atoms with E-state index in [9.17, 15) is 0 Å². The summed E-state index contributed by atoms with van der Waals surface area (Å²) in [4.78, 5) is 0. The first kappa shape index (κ1) is 10.4. The van der Waals surface area contributed by atoms with Crippen LogP contribution in [-0.2, 0) is 12.8 Å². The first-order valence-corrected chi connectivity index (χ1v) is 6.24. The lowest BCUT2D eigenvalue weighted by atomic mass is 9.94. The fourth-order valence-corrected chi connectivity index (χ4v) is 2.77. The van der Waals surface area contributed by atoms with Crippen molar-refractivity contribution >= 4 is 11.6 Å². The van der Waals surface area contributed by atoms with E-state index in [2.05, 4.69) is 0 Å². The number of rotatable bonds is 3. The molecule has 0 aromatic heterocycles. The van der Waals surface area contributed by atoms with E-state index in [-0.39, 0.29) is 0 Å². The van der Waals surface area contributed by atoms with Crippen LogP contribution < -0.4 is 10.5 Å². The predicted octanol–water partition coefficient (Wildman–Crippen LogP) is 2.56. The van der Waals surface area contributed by atoms with Crippen LogP contribution in [0, 0.1) is 5.41 Å². The Kier molecular flexibility index (Phi) is 2.37. The van der Waals surface area contributed by atoms with Crippen molar-refractivity contribution in [3.8, 4) is 5.75 Å². The Bertz CT molecular complexity index is 426. The molecule has 1 aromatic carbocycles. The van der Waals surface area contributed by atoms with E-state index in [1.807, 2.05) is 12.1 Å². The summed E-state index contributed by atoms with van der Waals surface area (Å²) in [5, 5.41) is 0.826. The highest BCUT2D eigenvalue weighted by atomic mass is 35.5. The number of benzene rings is 1. The summed E-state index contributed by atoms with van der Waals surface area (Å²) in [5.74, 6) is 1.07. The third-order valence-corrected chi connectivity index (χ3v) is 4.00. The largest absolute Gasteiger partial charge is 0.493 e. The van der Waals surface area contributed by atoms with Gasteiger partial charge in [-0.3, -0.25) is 0 Å². The van der Waals surface area contributed by atoms with Gasteiger partial charge in [-0.2, -0.15) is 0 Å². The van der Waals surface area contributed by atoms with Gasteiger partial charge in [0.05, 0.1) is 6.61 Å². The molecule has 0 amide bonds. The van der Waals surface area contributed by atoms with Gasteiger partial charge in [-0.25, -0.2) is 0 Å². The van der Waals surface area contributed by atoms with Crippen molar-refractivity contribution in [3.05, 3.63) is 28.3 Å². The first-order valence-electron chi connectivity index (χ1n) is 5.87. The average Bonchev–Trinajstić information content (AvgIpc) is 2.87. The van der Waals surface area contributed by atoms with Crippen LogP contribution in [0.1, 0.15) is 24.0 Å². The smallest absolute Gasteiger partial charge is 0.125 e. The molecule has 0 unspecified atom stereocenters. The lowest BCUT2D eigenvalue weighted by Crippen LogP contribution is -2.18. The molecule has 0 atom stereocenters. The van der Waals surface area contributed by atoms with Gasteiger partial charge in [-0.15, -0.1) is 0 Å². The zero-order valence-corrected chi connectivity index (χ0v) is 10.0. The van der Waals surface area contributed by atoms with E-state index in [0.29, 0.717) is 5.41 Å². The number of fused-ring (bicyclic) bond motifs is 1. The van der Waals surface area contributed by atoms with Gasteiger partial charge in [0.25, 0.3) is 0 Å². The molecule has 0 spiro atoms. The third-order valence-electron chi connectivity index (χ3n) is 3.78. The molecular weight excluding hydrogens is 222 g/mol. The molecule has 0 bridgehead atoms. The molecule has 1 fully saturated rings. The van der Waals surface area contributed by atoms with Crippen molar-refractivity contribution in [2.75, 3.05) is 13.2 Å². The van der Waals surface area contributed by atoms with E-state index in [1.54, 1.807) is 0 Å². The maximum atomic E-state index is 6.13. The topological polar surface area (TPSA) is 35.2 Å². The fraction of sp³-hybridized carbons (Fsp3) is 0.538. The van der Waals surface area contributed by atoms with E-state index < -0.39 is 0 Å². The SMILES string of the molecule is NCC1(Cc2cc(Cl)cc3c2OCC3)CC1. The summed E-state index contributed by atoms with van der Waals surface area (Å²) in [6, 6.07) is 4.07. The van der Waals surface area contributed by atoms with Crippen LogP contribution >= 0.6 is 11.6 Å². The average molecular weight is 238 g/mol. The molecule has 1 aliphatic carbocycles. The van der Waals surface area contributed by atoms with Crippen LogP contribution in [0.4, 0.5) is 0 Å². The quantitative estimate of drug-likeness (QED) is 0.877. The van der Waals surface area contributed by atoms with Crippen LogP contribution in [0.2, 0.25) is 5.02 Å². The Labute approximate surface area is 101 Å². The molecule has 2 aliphatic rings. The normalized spacial score (nSPS) is 20.4. The summed E-state index contributed by atoms with van der Waals surface area (Å²) in [6.45, 7) is 1.56. The Morgan fingerprint density at radius 1 is 1.38 bits per heavy atom. The molecule has 3 heteroatoms. The summed E-state index contributed by atoms with van der Waals surface area (Å²) in [5.41, 5.74) is 8.68. The molecular formula is C13H16ClNO. The van der Waals surface area contributed by atoms with Crippen molar-refractivity contribution in [1.82, 2.24) is 0 Å². The molecule has 2 nitrogen and oxygen atoms in total. The van der Waals surface area contributed by atoms with Gasteiger partial charge in [-0.05, 0) is 54.5 Å². The van der Waals surface area contributed by atoms with Crippen molar-refractivity contribution < 1.29 is 4.74 Å². The number of halogens is 1. The molecule has 1 heterocycles. The molecule has 86 valence electrons. The van der Waals surface area contributed by atoms with Gasteiger partial charge < -0.3 is 10.5 Å². The number of ether oxygens (including phenoxy) is 1. The van der Waals surface area contributed by atoms with Crippen molar-refractivity contribution in [3.63, 3.8) is 0 Å². The van der Waals surface area contributed by atoms with Crippen molar-refractivity contribution in [1.29, 1.82) is 0 Å². The van der Waals surface area contributed by atoms with Crippen LogP contribution in [0.3, 0.4) is 0 Å². The first-order chi connectivity index (χ1) is 7.72. The van der Waals surface area contributed by atoms with Gasteiger partial charge in [0.1, 0.15) is 5.75 Å². The maximum Gasteiger partial charge on any atom is 0.125 e. The minimum absolute atomic E-state index is 0.338. The Morgan fingerprint density at radius 3 is 2.88 bits per heavy atom. The predicted molar refractivity (Wildman–Crippen MR) is 65.1 cm³/mol. The number of hydrogen-bond acceptors (Lipinski definition) is 2. The second-order valence-electron chi connectivity index (χ2n) is 5.03. The fourth-order valence-electron chi connectivity index (χ4n) is 2.51.